The molecule has 1 aliphatic rings. The van der Waals surface area contributed by atoms with E-state index in [9.17, 15) is 24.9 Å². The second kappa shape index (κ2) is 11.4. The van der Waals surface area contributed by atoms with E-state index in [1.54, 1.807) is 0 Å². The Bertz CT molecular complexity index is 503. The zero-order chi connectivity index (χ0) is 21.3. The predicted molar refractivity (Wildman–Crippen MR) is 108 cm³/mol. The smallest absolute Gasteiger partial charge is 0.317 e. The Morgan fingerprint density at radius 3 is 1.32 bits per heavy atom. The first-order valence-electron chi connectivity index (χ1n) is 9.70. The number of hydrogen-bond donors (Lipinski definition) is 3. The van der Waals surface area contributed by atoms with Crippen molar-refractivity contribution in [2.75, 3.05) is 72.0 Å². The maximum atomic E-state index is 11.2. The van der Waals surface area contributed by atoms with E-state index in [0.717, 1.165) is 6.54 Å². The van der Waals surface area contributed by atoms with E-state index in [-0.39, 0.29) is 24.4 Å². The summed E-state index contributed by atoms with van der Waals surface area (Å²) >= 11 is 0. The quantitative estimate of drug-likeness (QED) is 0.541. The Morgan fingerprint density at radius 1 is 0.714 bits per heavy atom. The third-order valence-electron chi connectivity index (χ3n) is 4.91. The number of nitrogens with zero attached hydrogens (tertiary/aromatic N) is 4. The Labute approximate surface area is 167 Å². The summed E-state index contributed by atoms with van der Waals surface area (Å²) in [6.07, 6.45) is 0. The van der Waals surface area contributed by atoms with Gasteiger partial charge in [-0.05, 0) is 20.8 Å². The molecule has 28 heavy (non-hydrogen) atoms. The molecule has 0 spiro atoms. The SMILES string of the molecule is C=C(O)CN1CCN(CC(=O)O)CCN(CC(=O)O)CCN(C(C)(C)C)CC1. The first-order chi connectivity index (χ1) is 13.0. The van der Waals surface area contributed by atoms with Crippen LogP contribution in [-0.4, -0.2) is 124 Å². The molecule has 1 saturated heterocycles. The zero-order valence-corrected chi connectivity index (χ0v) is 17.4. The van der Waals surface area contributed by atoms with Gasteiger partial charge >= 0.3 is 11.9 Å². The van der Waals surface area contributed by atoms with E-state index in [4.69, 9.17) is 0 Å². The molecule has 1 heterocycles. The number of aliphatic carboxylic acids is 2. The largest absolute Gasteiger partial charge is 0.512 e. The van der Waals surface area contributed by atoms with Gasteiger partial charge in [-0.2, -0.15) is 0 Å². The fraction of sp³-hybridized carbons (Fsp3) is 0.789. The summed E-state index contributed by atoms with van der Waals surface area (Å²) in [6.45, 7) is 15.0. The van der Waals surface area contributed by atoms with E-state index >= 15 is 0 Å². The molecule has 0 saturated carbocycles. The molecule has 0 unspecified atom stereocenters. The van der Waals surface area contributed by atoms with Crippen LogP contribution in [0.1, 0.15) is 20.8 Å². The van der Waals surface area contributed by atoms with Crippen LogP contribution in [0, 0.1) is 0 Å². The van der Waals surface area contributed by atoms with Crippen molar-refractivity contribution in [1.82, 2.24) is 19.6 Å². The third kappa shape index (κ3) is 10.0. The predicted octanol–water partition coefficient (Wildman–Crippen LogP) is 0.247. The van der Waals surface area contributed by atoms with E-state index in [2.05, 4.69) is 37.1 Å². The highest BCUT2D eigenvalue weighted by Crippen LogP contribution is 2.14. The highest BCUT2D eigenvalue weighted by molar-refractivity contribution is 5.69. The molecule has 0 atom stereocenters. The van der Waals surface area contributed by atoms with Crippen LogP contribution in [0.2, 0.25) is 0 Å². The van der Waals surface area contributed by atoms with Crippen LogP contribution in [0.3, 0.4) is 0 Å². The van der Waals surface area contributed by atoms with Gasteiger partial charge in [0.2, 0.25) is 0 Å². The van der Waals surface area contributed by atoms with Crippen molar-refractivity contribution in [3.05, 3.63) is 12.3 Å². The summed E-state index contributed by atoms with van der Waals surface area (Å²) in [5, 5.41) is 28.0. The van der Waals surface area contributed by atoms with Crippen molar-refractivity contribution in [2.24, 2.45) is 0 Å². The van der Waals surface area contributed by atoms with Crippen LogP contribution in [0.4, 0.5) is 0 Å². The van der Waals surface area contributed by atoms with Crippen molar-refractivity contribution < 1.29 is 24.9 Å². The second-order valence-electron chi connectivity index (χ2n) is 8.34. The molecule has 0 aromatic rings. The molecule has 1 aliphatic heterocycles. The minimum Gasteiger partial charge on any atom is -0.512 e. The average Bonchev–Trinajstić information content (AvgIpc) is 2.52. The maximum Gasteiger partial charge on any atom is 0.317 e. The van der Waals surface area contributed by atoms with E-state index in [1.165, 1.54) is 0 Å². The summed E-state index contributed by atoms with van der Waals surface area (Å²) in [5.74, 6) is -1.70. The first-order valence-corrected chi connectivity index (χ1v) is 9.70. The summed E-state index contributed by atoms with van der Waals surface area (Å²) in [6, 6.07) is 0. The monoisotopic (exact) mass is 400 g/mol. The van der Waals surface area contributed by atoms with Crippen molar-refractivity contribution in [3.8, 4) is 0 Å². The van der Waals surface area contributed by atoms with Gasteiger partial charge in [-0.3, -0.25) is 29.2 Å². The third-order valence-corrected chi connectivity index (χ3v) is 4.91. The van der Waals surface area contributed by atoms with Crippen molar-refractivity contribution >= 4 is 11.9 Å². The van der Waals surface area contributed by atoms with Crippen LogP contribution in [0.25, 0.3) is 0 Å². The van der Waals surface area contributed by atoms with Gasteiger partial charge in [0.25, 0.3) is 0 Å². The molecule has 0 radical (unpaired) electrons. The normalized spacial score (nSPS) is 20.2. The van der Waals surface area contributed by atoms with E-state index in [0.29, 0.717) is 52.4 Å². The summed E-state index contributed by atoms with van der Waals surface area (Å²) in [4.78, 5) is 30.5. The molecule has 9 nitrogen and oxygen atoms in total. The number of rotatable bonds is 6. The Kier molecular flexibility index (Phi) is 9.88. The lowest BCUT2D eigenvalue weighted by Crippen LogP contribution is -2.52. The topological polar surface area (TPSA) is 108 Å². The van der Waals surface area contributed by atoms with Gasteiger partial charge in [-0.25, -0.2) is 0 Å². The van der Waals surface area contributed by atoms with Crippen LogP contribution < -0.4 is 0 Å². The summed E-state index contributed by atoms with van der Waals surface area (Å²) in [5.41, 5.74) is -0.0732. The van der Waals surface area contributed by atoms with Gasteiger partial charge in [-0.15, -0.1) is 0 Å². The summed E-state index contributed by atoms with van der Waals surface area (Å²) < 4.78 is 0. The molecule has 162 valence electrons. The maximum absolute atomic E-state index is 11.2. The van der Waals surface area contributed by atoms with Gasteiger partial charge in [0.1, 0.15) is 0 Å². The van der Waals surface area contributed by atoms with Crippen LogP contribution in [-0.2, 0) is 9.59 Å². The lowest BCUT2D eigenvalue weighted by Gasteiger charge is -2.39. The van der Waals surface area contributed by atoms with Gasteiger partial charge in [0.05, 0.1) is 25.4 Å². The van der Waals surface area contributed by atoms with Gasteiger partial charge < -0.3 is 15.3 Å². The van der Waals surface area contributed by atoms with E-state index in [1.807, 2.05) is 9.80 Å². The molecule has 1 fully saturated rings. The highest BCUT2D eigenvalue weighted by Gasteiger charge is 2.24. The van der Waals surface area contributed by atoms with Crippen molar-refractivity contribution in [1.29, 1.82) is 0 Å². The average molecular weight is 401 g/mol. The Hall–Kier alpha value is -1.68. The number of carbonyl (C=O) groups is 2. The fourth-order valence-electron chi connectivity index (χ4n) is 3.32. The fourth-order valence-corrected chi connectivity index (χ4v) is 3.32. The minimum absolute atomic E-state index is 0.0602. The van der Waals surface area contributed by atoms with E-state index < -0.39 is 11.9 Å². The first kappa shape index (κ1) is 24.4. The van der Waals surface area contributed by atoms with Crippen LogP contribution in [0.15, 0.2) is 12.3 Å². The number of carboxylic acid groups (broad SMARTS) is 2. The molecule has 0 bridgehead atoms. The van der Waals surface area contributed by atoms with Crippen LogP contribution >= 0.6 is 0 Å². The Balaban J connectivity index is 2.95. The summed E-state index contributed by atoms with van der Waals surface area (Å²) in [7, 11) is 0. The molecule has 9 heteroatoms. The lowest BCUT2D eigenvalue weighted by molar-refractivity contribution is -0.140. The zero-order valence-electron chi connectivity index (χ0n) is 17.4. The van der Waals surface area contributed by atoms with Gasteiger partial charge in [0, 0.05) is 57.9 Å². The van der Waals surface area contributed by atoms with Crippen molar-refractivity contribution in [2.45, 2.75) is 26.3 Å². The molecule has 0 aliphatic carbocycles. The van der Waals surface area contributed by atoms with Crippen LogP contribution in [0.5, 0.6) is 0 Å². The number of aliphatic hydroxyl groups excluding tert-OH is 1. The standard InChI is InChI=1S/C19H36N4O5/c1-16(24)13-20-5-6-21(14-17(25)26)7-8-22(15-18(27)28)10-12-23(11-9-20)19(2,3)4/h24H,1,5-15H2,2-4H3,(H,25,26)(H,27,28). The molecular formula is C19H36N4O5. The molecule has 0 aromatic heterocycles. The Morgan fingerprint density at radius 2 is 1.04 bits per heavy atom. The molecule has 0 amide bonds. The lowest BCUT2D eigenvalue weighted by atomic mass is 10.1. The molecule has 0 aromatic carbocycles. The minimum atomic E-state index is -0.908. The second-order valence-corrected chi connectivity index (χ2v) is 8.34. The van der Waals surface area contributed by atoms with Gasteiger partial charge in [-0.1, -0.05) is 6.58 Å². The number of hydrogen-bond acceptors (Lipinski definition) is 7. The highest BCUT2D eigenvalue weighted by atomic mass is 16.4. The van der Waals surface area contributed by atoms with Crippen molar-refractivity contribution in [3.63, 3.8) is 0 Å². The number of aliphatic hydroxyl groups is 1. The molecule has 1 rings (SSSR count). The molecular weight excluding hydrogens is 364 g/mol. The van der Waals surface area contributed by atoms with Gasteiger partial charge in [0.15, 0.2) is 0 Å². The molecule has 3 N–H and O–H groups in total. The number of carboxylic acids is 2.